The first-order chi connectivity index (χ1) is 42.2. The van der Waals surface area contributed by atoms with Crippen LogP contribution in [0.2, 0.25) is 0 Å². The summed E-state index contributed by atoms with van der Waals surface area (Å²) >= 11 is 0. The zero-order chi connectivity index (χ0) is 65.7. The van der Waals surface area contributed by atoms with Crippen molar-refractivity contribution in [1.82, 2.24) is 31.5 Å². The predicted octanol–water partition coefficient (Wildman–Crippen LogP) is 4.96. The van der Waals surface area contributed by atoms with Crippen LogP contribution in [-0.2, 0) is 76.5 Å². The molecule has 1 aliphatic rings. The van der Waals surface area contributed by atoms with Gasteiger partial charge in [0.1, 0.15) is 37.1 Å². The van der Waals surface area contributed by atoms with E-state index in [-0.39, 0.29) is 114 Å². The van der Waals surface area contributed by atoms with E-state index in [9.17, 15) is 78.0 Å². The second-order valence-electron chi connectivity index (χ2n) is 21.9. The molecule has 0 saturated carbocycles. The third-order valence-electron chi connectivity index (χ3n) is 14.5. The van der Waals surface area contributed by atoms with E-state index in [4.69, 9.17) is 24.1 Å². The van der Waals surface area contributed by atoms with Crippen LogP contribution < -0.4 is 26.6 Å². The molecule has 1 saturated heterocycles. The number of carbonyl (C=O) groups is 12. The number of carbonyl (C=O) groups excluding carboxylic acids is 7. The fourth-order valence-electron chi connectivity index (χ4n) is 9.33. The maximum atomic E-state index is 12.8. The van der Waals surface area contributed by atoms with E-state index in [1.807, 2.05) is 6.92 Å². The van der Waals surface area contributed by atoms with Gasteiger partial charge in [0.2, 0.25) is 29.5 Å². The minimum atomic E-state index is -1.35. The molecule has 27 heteroatoms. The van der Waals surface area contributed by atoms with Crippen molar-refractivity contribution in [2.24, 2.45) is 5.92 Å². The number of hydrogen-bond donors (Lipinski definition) is 10. The molecule has 88 heavy (non-hydrogen) atoms. The number of nitrogens with one attached hydrogen (secondary N) is 5. The zero-order valence-electron chi connectivity index (χ0n) is 52.6. The lowest BCUT2D eigenvalue weighted by Crippen LogP contribution is -2.49. The first kappa shape index (κ1) is 81.8. The SMILES string of the molecule is CCC(=O)COCCOCCNC(=O)CC[C@H](NC(=O)CCCCCCCCCCCCCCCCC(=O)O)C(=O)O.CCCOCCOCC(=O)N[C@@H](CCC(=O)C[C@@H](CCC(=O)NCCCC[C@H](NC)C(=O)N1CCCC1C(=O)O)C(=O)O)C(=O)O. The van der Waals surface area contributed by atoms with E-state index in [1.54, 1.807) is 14.0 Å². The van der Waals surface area contributed by atoms with Gasteiger partial charge >= 0.3 is 29.8 Å². The number of rotatable bonds is 57. The minimum Gasteiger partial charge on any atom is -0.481 e. The topological polar surface area (TPSA) is 406 Å². The Kier molecular flexibility index (Phi) is 50.1. The Labute approximate surface area is 519 Å². The number of aliphatic carboxylic acids is 5. The van der Waals surface area contributed by atoms with Gasteiger partial charge < -0.3 is 76.0 Å². The summed E-state index contributed by atoms with van der Waals surface area (Å²) in [6.07, 6.45) is 18.6. The van der Waals surface area contributed by atoms with Crippen molar-refractivity contribution in [2.45, 2.75) is 231 Å². The van der Waals surface area contributed by atoms with Crippen molar-refractivity contribution < 1.29 is 102 Å². The summed E-state index contributed by atoms with van der Waals surface area (Å²) in [6.45, 7) is 6.27. The van der Waals surface area contributed by atoms with Crippen molar-refractivity contribution in [3.05, 3.63) is 0 Å². The third kappa shape index (κ3) is 45.2. The summed E-state index contributed by atoms with van der Waals surface area (Å²) in [6, 6.07) is -3.80. The average molecular weight is 1260 g/mol. The number of carboxylic acid groups (broad SMARTS) is 5. The third-order valence-corrected chi connectivity index (χ3v) is 14.5. The van der Waals surface area contributed by atoms with Crippen molar-refractivity contribution in [3.8, 4) is 0 Å². The summed E-state index contributed by atoms with van der Waals surface area (Å²) in [7, 11) is 1.63. The van der Waals surface area contributed by atoms with Crippen molar-refractivity contribution >= 4 is 70.9 Å². The number of carboxylic acids is 5. The quantitative estimate of drug-likeness (QED) is 0.0360. The Morgan fingerprint density at radius 3 is 1.49 bits per heavy atom. The molecule has 506 valence electrons. The number of likely N-dealkylation sites (tertiary alicyclic amines) is 1. The number of likely N-dealkylation sites (N-methyl/N-ethyl adjacent to an activating group) is 1. The molecule has 5 amide bonds. The van der Waals surface area contributed by atoms with Crippen LogP contribution in [0.4, 0.5) is 0 Å². The van der Waals surface area contributed by atoms with Gasteiger partial charge in [-0.15, -0.1) is 0 Å². The van der Waals surface area contributed by atoms with E-state index in [1.165, 1.54) is 49.8 Å². The van der Waals surface area contributed by atoms with Gasteiger partial charge in [0.15, 0.2) is 5.78 Å². The van der Waals surface area contributed by atoms with Crippen molar-refractivity contribution in [3.63, 3.8) is 0 Å². The molecular formula is C61H106N6O21. The standard InChI is InChI=1S/C31H56N2O9.C30H50N4O12/c1-2-26(34)25-42-24-23-41-22-21-32-28(35)20-19-27(31(39)40)33-29(36)17-15-13-11-9-7-5-3-4-6-8-10-12-14-16-18-30(37)38;1-3-15-45-16-17-46-19-26(37)33-23(29(41)42)11-10-21(35)18-20(28(39)40)9-12-25(36)32-13-5-4-7-22(31-2)27(38)34-14-6-8-24(34)30(43)44/h27H,2-25H2,1H3,(H,32,35)(H,33,36)(H,37,38)(H,39,40);20,22-24,31H,3-19H2,1-2H3,(H,32,36)(H,33,37)(H,39,40)(H,41,42)(H,43,44)/t27-;20-,22+,23+,24?/m01/s1. The normalized spacial score (nSPS) is 14.1. The zero-order valence-corrected chi connectivity index (χ0v) is 52.6. The van der Waals surface area contributed by atoms with Gasteiger partial charge in [-0.25, -0.2) is 14.4 Å². The number of ketones is 2. The highest BCUT2D eigenvalue weighted by Gasteiger charge is 2.36. The molecule has 1 rings (SSSR count). The van der Waals surface area contributed by atoms with E-state index < -0.39 is 77.5 Å². The molecule has 10 N–H and O–H groups in total. The molecule has 1 fully saturated rings. The summed E-state index contributed by atoms with van der Waals surface area (Å²) in [5, 5.41) is 59.4. The first-order valence-electron chi connectivity index (χ1n) is 31.7. The Morgan fingerprint density at radius 1 is 0.466 bits per heavy atom. The summed E-state index contributed by atoms with van der Waals surface area (Å²) in [5.41, 5.74) is 0. The van der Waals surface area contributed by atoms with Crippen LogP contribution in [0.3, 0.4) is 0 Å². The van der Waals surface area contributed by atoms with Crippen LogP contribution in [0, 0.1) is 5.92 Å². The Balaban J connectivity index is 0.00000173. The second-order valence-corrected chi connectivity index (χ2v) is 21.9. The van der Waals surface area contributed by atoms with Crippen LogP contribution in [-0.4, -0.2) is 205 Å². The summed E-state index contributed by atoms with van der Waals surface area (Å²) < 4.78 is 20.8. The number of hydrogen-bond acceptors (Lipinski definition) is 17. The molecule has 1 unspecified atom stereocenters. The second kappa shape index (κ2) is 53.8. The van der Waals surface area contributed by atoms with Crippen LogP contribution in [0.15, 0.2) is 0 Å². The highest BCUT2D eigenvalue weighted by molar-refractivity contribution is 5.88. The molecule has 5 atom stereocenters. The summed E-state index contributed by atoms with van der Waals surface area (Å²) in [4.78, 5) is 143. The van der Waals surface area contributed by atoms with Crippen molar-refractivity contribution in [1.29, 1.82) is 0 Å². The Hall–Kier alpha value is -6.16. The monoisotopic (exact) mass is 1260 g/mol. The number of Topliss-reactive ketones (excluding diaryl/α,β-unsaturated/α-hetero) is 2. The highest BCUT2D eigenvalue weighted by atomic mass is 16.5. The van der Waals surface area contributed by atoms with Gasteiger partial charge in [0.25, 0.3) is 0 Å². The maximum Gasteiger partial charge on any atom is 0.326 e. The molecule has 0 radical (unpaired) electrons. The highest BCUT2D eigenvalue weighted by Crippen LogP contribution is 2.21. The molecular weight excluding hydrogens is 1150 g/mol. The Bertz CT molecular complexity index is 2050. The molecule has 0 spiro atoms. The molecule has 0 aromatic rings. The number of ether oxygens (including phenoxy) is 4. The van der Waals surface area contributed by atoms with Gasteiger partial charge in [-0.05, 0) is 77.7 Å². The van der Waals surface area contributed by atoms with Crippen LogP contribution in [0.25, 0.3) is 0 Å². The van der Waals surface area contributed by atoms with E-state index in [2.05, 4.69) is 26.6 Å². The van der Waals surface area contributed by atoms with Gasteiger partial charge in [-0.1, -0.05) is 90.9 Å². The van der Waals surface area contributed by atoms with Gasteiger partial charge in [-0.3, -0.25) is 43.2 Å². The lowest BCUT2D eigenvalue weighted by molar-refractivity contribution is -0.149. The molecule has 0 aromatic heterocycles. The molecule has 1 heterocycles. The molecule has 0 aliphatic carbocycles. The van der Waals surface area contributed by atoms with Crippen LogP contribution >= 0.6 is 0 Å². The number of nitrogens with zero attached hydrogens (tertiary/aromatic N) is 1. The van der Waals surface area contributed by atoms with E-state index in [0.29, 0.717) is 84.5 Å². The van der Waals surface area contributed by atoms with Crippen LogP contribution in [0.5, 0.6) is 0 Å². The number of unbranched alkanes of at least 4 members (excludes halogenated alkanes) is 14. The summed E-state index contributed by atoms with van der Waals surface area (Å²) in [5.74, 6) is -9.03. The van der Waals surface area contributed by atoms with E-state index in [0.717, 1.165) is 44.9 Å². The fraction of sp³-hybridized carbons (Fsp3) is 0.803. The fourth-order valence-corrected chi connectivity index (χ4v) is 9.33. The van der Waals surface area contributed by atoms with Gasteiger partial charge in [0, 0.05) is 71.2 Å². The predicted molar refractivity (Wildman–Crippen MR) is 323 cm³/mol. The van der Waals surface area contributed by atoms with Crippen molar-refractivity contribution in [2.75, 3.05) is 79.5 Å². The Morgan fingerprint density at radius 2 is 0.966 bits per heavy atom. The maximum absolute atomic E-state index is 12.8. The van der Waals surface area contributed by atoms with Crippen LogP contribution in [0.1, 0.15) is 206 Å². The smallest absolute Gasteiger partial charge is 0.326 e. The molecule has 1 aliphatic heterocycles. The van der Waals surface area contributed by atoms with Gasteiger partial charge in [0.05, 0.1) is 45.0 Å². The average Bonchev–Trinajstić information content (AvgIpc) is 4.23. The van der Waals surface area contributed by atoms with Gasteiger partial charge in [-0.2, -0.15) is 0 Å². The van der Waals surface area contributed by atoms with E-state index >= 15 is 0 Å². The molecule has 27 nitrogen and oxygen atoms in total. The first-order valence-corrected chi connectivity index (χ1v) is 31.7. The molecule has 0 bridgehead atoms. The molecule has 0 aromatic carbocycles. The largest absolute Gasteiger partial charge is 0.481 e. The minimum absolute atomic E-state index is 0.0137. The number of amides is 5. The lowest BCUT2D eigenvalue weighted by atomic mass is 9.94. The lowest BCUT2D eigenvalue weighted by Gasteiger charge is -2.26.